The quantitative estimate of drug-likeness (QED) is 0.753. The van der Waals surface area contributed by atoms with E-state index in [2.05, 4.69) is 15.0 Å². The van der Waals surface area contributed by atoms with Gasteiger partial charge in [-0.1, -0.05) is 0 Å². The number of H-pyrrole nitrogens is 1. The lowest BCUT2D eigenvalue weighted by Gasteiger charge is -1.95. The summed E-state index contributed by atoms with van der Waals surface area (Å²) in [6.07, 6.45) is 1.03. The van der Waals surface area contributed by atoms with Crippen LogP contribution in [0.5, 0.6) is 0 Å². The van der Waals surface area contributed by atoms with Gasteiger partial charge in [0.15, 0.2) is 5.82 Å². The Kier molecular flexibility index (Phi) is 2.67. The zero-order valence-electron chi connectivity index (χ0n) is 9.89. The molecule has 5 nitrogen and oxygen atoms in total. The summed E-state index contributed by atoms with van der Waals surface area (Å²) in [6.45, 7) is 0. The molecule has 0 bridgehead atoms. The maximum Gasteiger partial charge on any atom is 0.338 e. The predicted octanol–water partition coefficient (Wildman–Crippen LogP) is 2.60. The number of carboxylic acids is 1. The van der Waals surface area contributed by atoms with Gasteiger partial charge in [0.2, 0.25) is 0 Å². The highest BCUT2D eigenvalue weighted by molar-refractivity contribution is 5.93. The van der Waals surface area contributed by atoms with Gasteiger partial charge in [0, 0.05) is 6.07 Å². The van der Waals surface area contributed by atoms with Gasteiger partial charge >= 0.3 is 5.97 Å². The number of halogens is 2. The van der Waals surface area contributed by atoms with Crippen LogP contribution in [0.3, 0.4) is 0 Å². The van der Waals surface area contributed by atoms with Crippen molar-refractivity contribution in [3.05, 3.63) is 47.7 Å². The van der Waals surface area contributed by atoms with Gasteiger partial charge in [0.05, 0.1) is 22.8 Å². The van der Waals surface area contributed by atoms with Gasteiger partial charge < -0.3 is 10.1 Å². The Labute approximate surface area is 110 Å². The number of imidazole rings is 1. The second kappa shape index (κ2) is 4.37. The Hall–Kier alpha value is -2.83. The Balaban J connectivity index is 2.15. The van der Waals surface area contributed by atoms with Crippen molar-refractivity contribution < 1.29 is 18.7 Å². The standard InChI is InChI=1S/C13H7F2N3O2/c14-6-1-2-9(16-5-6)12-17-10-3-7(13(19)20)8(15)4-11(10)18-12/h1-5H,(H,17,18)(H,19,20). The smallest absolute Gasteiger partial charge is 0.338 e. The van der Waals surface area contributed by atoms with Gasteiger partial charge in [0.25, 0.3) is 0 Å². The lowest BCUT2D eigenvalue weighted by Crippen LogP contribution is -1.99. The topological polar surface area (TPSA) is 78.9 Å². The first-order valence-electron chi connectivity index (χ1n) is 5.59. The van der Waals surface area contributed by atoms with Crippen LogP contribution in [0.25, 0.3) is 22.6 Å². The average Bonchev–Trinajstić information content (AvgIpc) is 2.81. The molecule has 2 heterocycles. The van der Waals surface area contributed by atoms with E-state index in [9.17, 15) is 13.6 Å². The van der Waals surface area contributed by atoms with Crippen LogP contribution in [0, 0.1) is 11.6 Å². The largest absolute Gasteiger partial charge is 0.478 e. The molecule has 0 unspecified atom stereocenters. The van der Waals surface area contributed by atoms with Gasteiger partial charge in [0.1, 0.15) is 17.3 Å². The first-order chi connectivity index (χ1) is 9.54. The van der Waals surface area contributed by atoms with Crippen LogP contribution in [0.1, 0.15) is 10.4 Å². The SMILES string of the molecule is O=C(O)c1cc2nc(-c3ccc(F)cn3)[nH]c2cc1F. The number of rotatable bonds is 2. The fourth-order valence-electron chi connectivity index (χ4n) is 1.83. The minimum absolute atomic E-state index is 0.296. The second-order valence-electron chi connectivity index (χ2n) is 4.10. The van der Waals surface area contributed by atoms with E-state index in [4.69, 9.17) is 5.11 Å². The highest BCUT2D eigenvalue weighted by Crippen LogP contribution is 2.22. The van der Waals surface area contributed by atoms with Gasteiger partial charge in [-0.2, -0.15) is 0 Å². The van der Waals surface area contributed by atoms with Crippen molar-refractivity contribution in [1.82, 2.24) is 15.0 Å². The summed E-state index contributed by atoms with van der Waals surface area (Å²) in [5.74, 6) is -2.40. The summed E-state index contributed by atoms with van der Waals surface area (Å²) in [6, 6.07) is 4.83. The average molecular weight is 275 g/mol. The maximum atomic E-state index is 13.5. The molecule has 2 aromatic heterocycles. The molecule has 0 radical (unpaired) electrons. The number of carboxylic acid groups (broad SMARTS) is 1. The Morgan fingerprint density at radius 2 is 2.05 bits per heavy atom. The molecule has 0 aliphatic rings. The van der Waals surface area contributed by atoms with E-state index in [1.54, 1.807) is 0 Å². The van der Waals surface area contributed by atoms with Crippen LogP contribution in [-0.4, -0.2) is 26.0 Å². The van der Waals surface area contributed by atoms with Crippen LogP contribution in [0.2, 0.25) is 0 Å². The summed E-state index contributed by atoms with van der Waals surface area (Å²) in [5.41, 5.74) is 0.557. The summed E-state index contributed by atoms with van der Waals surface area (Å²) in [5, 5.41) is 8.85. The predicted molar refractivity (Wildman–Crippen MR) is 66.2 cm³/mol. The third kappa shape index (κ3) is 1.99. The van der Waals surface area contributed by atoms with Crippen molar-refractivity contribution in [3.8, 4) is 11.5 Å². The zero-order valence-corrected chi connectivity index (χ0v) is 9.89. The molecule has 3 aromatic rings. The molecule has 0 fully saturated rings. The molecule has 0 saturated carbocycles. The number of nitrogens with zero attached hydrogens (tertiary/aromatic N) is 2. The lowest BCUT2D eigenvalue weighted by molar-refractivity contribution is 0.0692. The molecule has 2 N–H and O–H groups in total. The number of carbonyl (C=O) groups is 1. The monoisotopic (exact) mass is 275 g/mol. The second-order valence-corrected chi connectivity index (χ2v) is 4.10. The number of pyridine rings is 1. The first-order valence-corrected chi connectivity index (χ1v) is 5.59. The Bertz CT molecular complexity index is 812. The number of aromatic amines is 1. The lowest BCUT2D eigenvalue weighted by atomic mass is 10.2. The first kappa shape index (κ1) is 12.2. The fraction of sp³-hybridized carbons (Fsp3) is 0. The molecular formula is C13H7F2N3O2. The number of aromatic carboxylic acids is 1. The van der Waals surface area contributed by atoms with Crippen molar-refractivity contribution in [3.63, 3.8) is 0 Å². The number of hydrogen-bond donors (Lipinski definition) is 2. The van der Waals surface area contributed by atoms with E-state index >= 15 is 0 Å². The summed E-state index contributed by atoms with van der Waals surface area (Å²) >= 11 is 0. The molecule has 3 rings (SSSR count). The van der Waals surface area contributed by atoms with Crippen molar-refractivity contribution >= 4 is 17.0 Å². The molecule has 0 saturated heterocycles. The van der Waals surface area contributed by atoms with Gasteiger partial charge in [-0.05, 0) is 18.2 Å². The van der Waals surface area contributed by atoms with Crippen molar-refractivity contribution in [2.75, 3.05) is 0 Å². The van der Waals surface area contributed by atoms with E-state index in [1.807, 2.05) is 0 Å². The van der Waals surface area contributed by atoms with E-state index in [0.717, 1.165) is 18.3 Å². The maximum absolute atomic E-state index is 13.5. The van der Waals surface area contributed by atoms with Crippen LogP contribution < -0.4 is 0 Å². The molecule has 0 aliphatic carbocycles. The minimum atomic E-state index is -1.37. The summed E-state index contributed by atoms with van der Waals surface area (Å²) < 4.78 is 26.3. The third-order valence-corrected chi connectivity index (χ3v) is 2.77. The molecule has 0 aliphatic heterocycles. The van der Waals surface area contributed by atoms with Crippen molar-refractivity contribution in [1.29, 1.82) is 0 Å². The van der Waals surface area contributed by atoms with Gasteiger partial charge in [-0.15, -0.1) is 0 Å². The minimum Gasteiger partial charge on any atom is -0.478 e. The molecule has 1 aromatic carbocycles. The molecule has 0 spiro atoms. The Morgan fingerprint density at radius 3 is 2.70 bits per heavy atom. The molecule has 20 heavy (non-hydrogen) atoms. The van der Waals surface area contributed by atoms with Crippen LogP contribution in [-0.2, 0) is 0 Å². The number of fused-ring (bicyclic) bond motifs is 1. The van der Waals surface area contributed by atoms with Crippen LogP contribution in [0.4, 0.5) is 8.78 Å². The van der Waals surface area contributed by atoms with Crippen LogP contribution in [0.15, 0.2) is 30.5 Å². The highest BCUT2D eigenvalue weighted by atomic mass is 19.1. The molecule has 100 valence electrons. The summed E-state index contributed by atoms with van der Waals surface area (Å²) in [4.78, 5) is 21.6. The number of nitrogens with one attached hydrogen (secondary N) is 1. The molecular weight excluding hydrogens is 268 g/mol. The Morgan fingerprint density at radius 1 is 1.25 bits per heavy atom. The van der Waals surface area contributed by atoms with Gasteiger partial charge in [-0.25, -0.2) is 23.5 Å². The van der Waals surface area contributed by atoms with Crippen molar-refractivity contribution in [2.45, 2.75) is 0 Å². The van der Waals surface area contributed by atoms with E-state index in [0.29, 0.717) is 22.6 Å². The molecule has 0 atom stereocenters. The highest BCUT2D eigenvalue weighted by Gasteiger charge is 2.14. The van der Waals surface area contributed by atoms with E-state index < -0.39 is 23.2 Å². The zero-order chi connectivity index (χ0) is 14.3. The number of benzene rings is 1. The van der Waals surface area contributed by atoms with Crippen LogP contribution >= 0.6 is 0 Å². The number of aromatic nitrogens is 3. The fourth-order valence-corrected chi connectivity index (χ4v) is 1.83. The van der Waals surface area contributed by atoms with Gasteiger partial charge in [-0.3, -0.25) is 0 Å². The molecule has 7 heteroatoms. The third-order valence-electron chi connectivity index (χ3n) is 2.77. The normalized spacial score (nSPS) is 10.9. The summed E-state index contributed by atoms with van der Waals surface area (Å²) in [7, 11) is 0. The van der Waals surface area contributed by atoms with Crippen molar-refractivity contribution in [2.24, 2.45) is 0 Å². The molecule has 0 amide bonds. The van der Waals surface area contributed by atoms with E-state index in [-0.39, 0.29) is 0 Å². The van der Waals surface area contributed by atoms with E-state index in [1.165, 1.54) is 12.1 Å². The number of hydrogen-bond acceptors (Lipinski definition) is 3.